The SMILES string of the molecule is O=C(O)c1cc(-c2cc(C(=O)O)cc(-c3ccc(-c4ccc(-c5ccc6c(c5)N(c5ccccc5)C5CCCC65)c5nsnc45)[nH]3)n2)nc(-c2ccc(-c3ccc(-c4ccc5c(c4)N(c4ccccc4)C4CCCC54)c4nsnc34)[nH]2)c1. The molecule has 4 N–H and O–H groups in total. The molecule has 2 saturated carbocycles. The lowest BCUT2D eigenvalue weighted by Gasteiger charge is -2.27. The van der Waals surface area contributed by atoms with E-state index in [2.05, 4.69) is 141 Å². The van der Waals surface area contributed by atoms with Crippen LogP contribution in [0.4, 0.5) is 22.7 Å². The Morgan fingerprint density at radius 3 is 1.24 bits per heavy atom. The summed E-state index contributed by atoms with van der Waals surface area (Å²) in [5.74, 6) is -1.32. The van der Waals surface area contributed by atoms with Crippen molar-refractivity contribution in [1.82, 2.24) is 37.4 Å². The number of nitrogens with zero attached hydrogens (tertiary/aromatic N) is 8. The van der Waals surface area contributed by atoms with Gasteiger partial charge in [-0.15, -0.1) is 0 Å². The zero-order chi connectivity index (χ0) is 54.7. The molecule has 0 bridgehead atoms. The molecule has 0 radical (unpaired) electrons. The number of carboxylic acids is 2. The number of pyridine rings is 2. The number of aromatic carboxylic acids is 2. The lowest BCUT2D eigenvalue weighted by Crippen LogP contribution is -2.26. The molecule has 0 amide bonds. The van der Waals surface area contributed by atoms with Crippen LogP contribution in [0.5, 0.6) is 0 Å². The van der Waals surface area contributed by atoms with E-state index in [0.29, 0.717) is 46.7 Å². The molecule has 0 spiro atoms. The van der Waals surface area contributed by atoms with E-state index >= 15 is 0 Å². The molecule has 0 saturated heterocycles. The number of para-hydroxylation sites is 2. The highest BCUT2D eigenvalue weighted by atomic mass is 32.1. The number of hydrogen-bond donors (Lipinski definition) is 4. The van der Waals surface area contributed by atoms with Crippen molar-refractivity contribution in [3.05, 3.63) is 192 Å². The molecule has 398 valence electrons. The van der Waals surface area contributed by atoms with E-state index in [1.54, 1.807) is 0 Å². The minimum Gasteiger partial charge on any atom is -0.478 e. The van der Waals surface area contributed by atoms with Gasteiger partial charge in [0.25, 0.3) is 0 Å². The van der Waals surface area contributed by atoms with Crippen LogP contribution in [0.1, 0.15) is 82.2 Å². The first-order chi connectivity index (χ1) is 40.3. The molecular weight excluding hydrogens is 1060 g/mol. The van der Waals surface area contributed by atoms with Gasteiger partial charge in [-0.05, 0) is 145 Å². The van der Waals surface area contributed by atoms with Gasteiger partial charge in [-0.3, -0.25) is 0 Å². The maximum Gasteiger partial charge on any atom is 0.335 e. The molecule has 16 heteroatoms. The Morgan fingerprint density at radius 2 is 0.817 bits per heavy atom. The Bertz CT molecular complexity index is 4280. The number of carboxylic acid groups (broad SMARTS) is 2. The predicted octanol–water partition coefficient (Wildman–Crippen LogP) is 15.8. The largest absolute Gasteiger partial charge is 0.478 e. The standard InChI is InChI=1S/C66H48N10O4S2/c77-65(78)37-29-53(51-27-25-49(67-51)47-23-21-41(61-63(47)73-81-71-61)35-17-19-45-43-13-7-15-57(43)75(59(45)33-35)39-9-3-1-4-10-39)69-55(31-37)56-32-38(66(79)80)30-54(70-56)52-28-26-50(68-52)48-24-22-42(62-64(48)74-82-72-62)36-18-20-46-44-14-8-16-58(44)76(60(46)34-36)40-11-5-2-6-12-40/h1-6,9-12,17-34,43-44,57-58,67-68H,7-8,13-16H2,(H,77,78)(H,79,80). The van der Waals surface area contributed by atoms with Gasteiger partial charge in [0.15, 0.2) is 0 Å². The van der Waals surface area contributed by atoms with Crippen molar-refractivity contribution in [2.45, 2.75) is 62.4 Å². The van der Waals surface area contributed by atoms with Crippen molar-refractivity contribution in [1.29, 1.82) is 0 Å². The Balaban J connectivity index is 0.708. The van der Waals surface area contributed by atoms with Crippen molar-refractivity contribution in [2.24, 2.45) is 0 Å². The van der Waals surface area contributed by atoms with Crippen LogP contribution in [-0.4, -0.2) is 71.7 Å². The smallest absolute Gasteiger partial charge is 0.335 e. The molecular formula is C66H48N10O4S2. The second kappa shape index (κ2) is 19.0. The quantitative estimate of drug-likeness (QED) is 0.0960. The first-order valence-electron chi connectivity index (χ1n) is 27.7. The fourth-order valence-corrected chi connectivity index (χ4v) is 14.9. The summed E-state index contributed by atoms with van der Waals surface area (Å²) in [5, 5.41) is 20.9. The summed E-state index contributed by atoms with van der Waals surface area (Å²) in [5.41, 5.74) is 20.2. The zero-order valence-corrected chi connectivity index (χ0v) is 45.5. The van der Waals surface area contributed by atoms with Crippen molar-refractivity contribution in [3.8, 4) is 78.9 Å². The molecule has 2 fully saturated rings. The summed E-state index contributed by atoms with van der Waals surface area (Å²) >= 11 is 2.33. The van der Waals surface area contributed by atoms with Crippen LogP contribution in [0.2, 0.25) is 0 Å². The average molecular weight is 1110 g/mol. The van der Waals surface area contributed by atoms with Crippen molar-refractivity contribution < 1.29 is 19.8 Å². The van der Waals surface area contributed by atoms with Crippen LogP contribution < -0.4 is 9.80 Å². The molecule has 16 rings (SSSR count). The molecule has 4 unspecified atom stereocenters. The first-order valence-corrected chi connectivity index (χ1v) is 29.1. The molecule has 82 heavy (non-hydrogen) atoms. The fraction of sp³-hybridized carbons (Fsp3) is 0.152. The number of aromatic amines is 2. The van der Waals surface area contributed by atoms with Crippen LogP contribution in [-0.2, 0) is 0 Å². The highest BCUT2D eigenvalue weighted by Gasteiger charge is 2.43. The summed E-state index contributed by atoms with van der Waals surface area (Å²) in [4.78, 5) is 47.5. The Labute approximate surface area is 478 Å². The number of fused-ring (bicyclic) bond motifs is 8. The van der Waals surface area contributed by atoms with Gasteiger partial charge < -0.3 is 30.0 Å². The third-order valence-electron chi connectivity index (χ3n) is 17.4. The highest BCUT2D eigenvalue weighted by molar-refractivity contribution is 7.00. The van der Waals surface area contributed by atoms with Gasteiger partial charge in [0.2, 0.25) is 0 Å². The summed E-state index contributed by atoms with van der Waals surface area (Å²) in [6, 6.07) is 57.6. The van der Waals surface area contributed by atoms with E-state index in [9.17, 15) is 19.8 Å². The lowest BCUT2D eigenvalue weighted by molar-refractivity contribution is 0.0686. The molecule has 4 aliphatic rings. The number of rotatable bonds is 11. The maximum absolute atomic E-state index is 12.8. The molecule has 2 aliphatic carbocycles. The molecule has 2 aliphatic heterocycles. The van der Waals surface area contributed by atoms with Crippen LogP contribution in [0.3, 0.4) is 0 Å². The van der Waals surface area contributed by atoms with Crippen LogP contribution in [0.15, 0.2) is 170 Å². The van der Waals surface area contributed by atoms with Crippen molar-refractivity contribution in [3.63, 3.8) is 0 Å². The summed E-state index contributed by atoms with van der Waals surface area (Å²) in [6.07, 6.45) is 7.17. The van der Waals surface area contributed by atoms with Crippen molar-refractivity contribution >= 4 is 80.2 Å². The number of nitrogens with one attached hydrogen (secondary N) is 2. The Hall–Kier alpha value is -9.64. The Morgan fingerprint density at radius 1 is 0.427 bits per heavy atom. The van der Waals surface area contributed by atoms with Gasteiger partial charge in [0.05, 0.1) is 68.7 Å². The number of aromatic nitrogens is 8. The third kappa shape index (κ3) is 7.80. The van der Waals surface area contributed by atoms with Crippen LogP contribution in [0, 0.1) is 0 Å². The number of carbonyl (C=O) groups is 2. The van der Waals surface area contributed by atoms with Gasteiger partial charge in [0, 0.05) is 80.3 Å². The average Bonchev–Trinajstić information content (AvgIpc) is 4.13. The normalized spacial score (nSPS) is 17.9. The molecule has 4 atom stereocenters. The van der Waals surface area contributed by atoms with Gasteiger partial charge in [-0.1, -0.05) is 85.6 Å². The number of hydrogen-bond acceptors (Lipinski definition) is 12. The first kappa shape index (κ1) is 48.3. The van der Waals surface area contributed by atoms with Crippen LogP contribution in [0.25, 0.3) is 101 Å². The van der Waals surface area contributed by atoms with E-state index in [-0.39, 0.29) is 22.5 Å². The van der Waals surface area contributed by atoms with Crippen LogP contribution >= 0.6 is 23.5 Å². The van der Waals surface area contributed by atoms with E-state index in [0.717, 1.165) is 90.3 Å². The zero-order valence-electron chi connectivity index (χ0n) is 43.8. The van der Waals surface area contributed by atoms with Gasteiger partial charge in [-0.2, -0.15) is 17.5 Å². The minimum absolute atomic E-state index is 0.0399. The van der Waals surface area contributed by atoms with E-state index in [1.165, 1.54) is 96.7 Å². The second-order valence-corrected chi connectivity index (χ2v) is 22.9. The second-order valence-electron chi connectivity index (χ2n) is 21.8. The molecule has 12 aromatic rings. The van der Waals surface area contributed by atoms with E-state index < -0.39 is 11.9 Å². The number of benzene rings is 6. The summed E-state index contributed by atoms with van der Waals surface area (Å²) in [6.45, 7) is 0. The predicted molar refractivity (Wildman–Crippen MR) is 323 cm³/mol. The van der Waals surface area contributed by atoms with E-state index in [1.807, 2.05) is 24.3 Å². The molecule has 6 aromatic heterocycles. The van der Waals surface area contributed by atoms with Gasteiger partial charge in [-0.25, -0.2) is 19.6 Å². The lowest BCUT2D eigenvalue weighted by atomic mass is 9.94. The molecule has 6 aromatic carbocycles. The topological polar surface area (TPSA) is 190 Å². The third-order valence-corrected chi connectivity index (χ3v) is 18.5. The highest BCUT2D eigenvalue weighted by Crippen LogP contribution is 2.55. The van der Waals surface area contributed by atoms with E-state index in [4.69, 9.17) is 27.5 Å². The molecule has 14 nitrogen and oxygen atoms in total. The summed E-state index contributed by atoms with van der Waals surface area (Å²) < 4.78 is 19.3. The monoisotopic (exact) mass is 1110 g/mol. The van der Waals surface area contributed by atoms with Crippen molar-refractivity contribution in [2.75, 3.05) is 9.80 Å². The van der Waals surface area contributed by atoms with Gasteiger partial charge in [0.1, 0.15) is 22.1 Å². The maximum atomic E-state index is 12.8. The molecule has 8 heterocycles. The number of anilines is 4. The van der Waals surface area contributed by atoms with Gasteiger partial charge >= 0.3 is 11.9 Å². The Kier molecular flexibility index (Phi) is 11.2. The fourth-order valence-electron chi connectivity index (χ4n) is 13.8. The number of H-pyrrole nitrogens is 2. The summed E-state index contributed by atoms with van der Waals surface area (Å²) in [7, 11) is 0. The minimum atomic E-state index is -1.17.